The summed E-state index contributed by atoms with van der Waals surface area (Å²) in [7, 11) is 0. The van der Waals surface area contributed by atoms with Gasteiger partial charge >= 0.3 is 0 Å². The lowest BCUT2D eigenvalue weighted by atomic mass is 10.0. The minimum Gasteiger partial charge on any atom is -0.255 e. The summed E-state index contributed by atoms with van der Waals surface area (Å²) in [6, 6.07) is 45.9. The molecule has 4 aromatic heterocycles. The van der Waals surface area contributed by atoms with Gasteiger partial charge in [-0.1, -0.05) is 97.1 Å². The lowest BCUT2D eigenvalue weighted by molar-refractivity contribution is 1.07. The number of benzene rings is 4. The van der Waals surface area contributed by atoms with E-state index in [9.17, 15) is 0 Å². The lowest BCUT2D eigenvalue weighted by Crippen LogP contribution is -2.00. The Morgan fingerprint density at radius 2 is 0.783 bits per heavy atom. The highest BCUT2D eigenvalue weighted by Crippen LogP contribution is 2.32. The summed E-state index contributed by atoms with van der Waals surface area (Å²) in [5, 5.41) is 0. The number of fused-ring (bicyclic) bond motifs is 1. The van der Waals surface area contributed by atoms with E-state index in [2.05, 4.69) is 34.2 Å². The molecule has 46 heavy (non-hydrogen) atoms. The fourth-order valence-corrected chi connectivity index (χ4v) is 5.37. The largest absolute Gasteiger partial charge is 0.255 e. The van der Waals surface area contributed by atoms with E-state index in [1.54, 1.807) is 12.4 Å². The third-order valence-corrected chi connectivity index (χ3v) is 7.63. The van der Waals surface area contributed by atoms with Crippen LogP contribution in [-0.2, 0) is 0 Å². The van der Waals surface area contributed by atoms with Crippen molar-refractivity contribution in [1.82, 2.24) is 34.9 Å². The monoisotopic (exact) mass is 591 g/mol. The van der Waals surface area contributed by atoms with Crippen LogP contribution in [-0.4, -0.2) is 34.9 Å². The van der Waals surface area contributed by atoms with Gasteiger partial charge in [-0.2, -0.15) is 0 Å². The van der Waals surface area contributed by atoms with Gasteiger partial charge in [0.25, 0.3) is 0 Å². The van der Waals surface area contributed by atoms with E-state index in [0.717, 1.165) is 50.2 Å². The van der Waals surface area contributed by atoms with E-state index < -0.39 is 0 Å². The number of nitrogens with zero attached hydrogens (tertiary/aromatic N) is 7. The minimum atomic E-state index is 0.604. The zero-order valence-electron chi connectivity index (χ0n) is 24.6. The first-order valence-corrected chi connectivity index (χ1v) is 14.9. The normalized spacial score (nSPS) is 11.0. The third kappa shape index (κ3) is 5.37. The molecular formula is C39H25N7. The first-order chi connectivity index (χ1) is 22.8. The standard InChI is InChI=1S/C39H25N7/c1-3-12-26(13-4-1)37-44-38(27-14-5-2-6-15-27)46-39(45-37)30-17-11-16-28(24-30)29-20-21-31-34(25-29)43-36(33-19-8-10-23-41-33)35(42-31)32-18-7-9-22-40-32/h1-25H. The second-order valence-corrected chi connectivity index (χ2v) is 10.7. The van der Waals surface area contributed by atoms with Crippen molar-refractivity contribution in [2.45, 2.75) is 0 Å². The van der Waals surface area contributed by atoms with Crippen LogP contribution < -0.4 is 0 Å². The Bertz CT molecular complexity index is 2240. The first kappa shape index (κ1) is 27.1. The number of hydrogen-bond acceptors (Lipinski definition) is 7. The molecule has 0 aliphatic rings. The summed E-state index contributed by atoms with van der Waals surface area (Å²) < 4.78 is 0. The van der Waals surface area contributed by atoms with E-state index >= 15 is 0 Å². The van der Waals surface area contributed by atoms with Gasteiger partial charge in [-0.05, 0) is 53.6 Å². The molecule has 0 saturated heterocycles. The predicted molar refractivity (Wildman–Crippen MR) is 181 cm³/mol. The van der Waals surface area contributed by atoms with Gasteiger partial charge < -0.3 is 0 Å². The quantitative estimate of drug-likeness (QED) is 0.191. The molecule has 216 valence electrons. The molecule has 0 fully saturated rings. The van der Waals surface area contributed by atoms with Gasteiger partial charge in [0.2, 0.25) is 0 Å². The molecule has 0 saturated carbocycles. The van der Waals surface area contributed by atoms with E-state index in [1.165, 1.54) is 0 Å². The first-order valence-electron chi connectivity index (χ1n) is 14.9. The molecular weight excluding hydrogens is 566 g/mol. The highest BCUT2D eigenvalue weighted by molar-refractivity contribution is 5.88. The van der Waals surface area contributed by atoms with Crippen molar-refractivity contribution in [3.05, 3.63) is 152 Å². The van der Waals surface area contributed by atoms with Gasteiger partial charge in [0.1, 0.15) is 11.4 Å². The van der Waals surface area contributed by atoms with Crippen molar-refractivity contribution in [2.24, 2.45) is 0 Å². The van der Waals surface area contributed by atoms with Crippen LogP contribution in [0.25, 0.3) is 79.1 Å². The predicted octanol–water partition coefficient (Wildman–Crippen LogP) is 8.61. The molecule has 0 unspecified atom stereocenters. The van der Waals surface area contributed by atoms with Crippen molar-refractivity contribution < 1.29 is 0 Å². The zero-order chi connectivity index (χ0) is 30.7. The molecule has 0 radical (unpaired) electrons. The van der Waals surface area contributed by atoms with Crippen LogP contribution in [0, 0.1) is 0 Å². The van der Waals surface area contributed by atoms with Gasteiger partial charge in [-0.3, -0.25) is 9.97 Å². The minimum absolute atomic E-state index is 0.604. The van der Waals surface area contributed by atoms with Crippen LogP contribution in [0.2, 0.25) is 0 Å². The summed E-state index contributed by atoms with van der Waals surface area (Å²) in [5.41, 5.74) is 9.17. The second-order valence-electron chi connectivity index (χ2n) is 10.7. The molecule has 4 heterocycles. The van der Waals surface area contributed by atoms with E-state index in [1.807, 2.05) is 115 Å². The van der Waals surface area contributed by atoms with Gasteiger partial charge in [0, 0.05) is 29.1 Å². The maximum absolute atomic E-state index is 5.08. The van der Waals surface area contributed by atoms with Crippen molar-refractivity contribution in [1.29, 1.82) is 0 Å². The lowest BCUT2D eigenvalue weighted by Gasteiger charge is -2.11. The Morgan fingerprint density at radius 3 is 1.35 bits per heavy atom. The highest BCUT2D eigenvalue weighted by atomic mass is 15.0. The van der Waals surface area contributed by atoms with Gasteiger partial charge in [-0.15, -0.1) is 0 Å². The van der Waals surface area contributed by atoms with Crippen LogP contribution in [0.3, 0.4) is 0 Å². The summed E-state index contributed by atoms with van der Waals surface area (Å²) >= 11 is 0. The number of rotatable bonds is 6. The molecule has 8 rings (SSSR count). The molecule has 0 aliphatic carbocycles. The molecule has 0 N–H and O–H groups in total. The highest BCUT2D eigenvalue weighted by Gasteiger charge is 2.16. The van der Waals surface area contributed by atoms with Gasteiger partial charge in [0.05, 0.1) is 22.4 Å². The molecule has 4 aromatic carbocycles. The third-order valence-electron chi connectivity index (χ3n) is 7.63. The Labute approximate surface area is 265 Å². The van der Waals surface area contributed by atoms with Crippen LogP contribution in [0.4, 0.5) is 0 Å². The summed E-state index contributed by atoms with van der Waals surface area (Å²) in [6.07, 6.45) is 3.52. The Balaban J connectivity index is 1.23. The average Bonchev–Trinajstić information content (AvgIpc) is 3.15. The molecule has 0 amide bonds. The van der Waals surface area contributed by atoms with Gasteiger partial charge in [0.15, 0.2) is 17.5 Å². The molecule has 0 bridgehead atoms. The van der Waals surface area contributed by atoms with Crippen molar-refractivity contribution in [3.63, 3.8) is 0 Å². The van der Waals surface area contributed by atoms with Crippen molar-refractivity contribution in [2.75, 3.05) is 0 Å². The Morgan fingerprint density at radius 1 is 0.304 bits per heavy atom. The van der Waals surface area contributed by atoms with E-state index in [-0.39, 0.29) is 0 Å². The number of pyridine rings is 2. The van der Waals surface area contributed by atoms with Crippen LogP contribution in [0.15, 0.2) is 152 Å². The molecule has 8 aromatic rings. The SMILES string of the molecule is c1ccc(-c2nc(-c3ccccc3)nc(-c3cccc(-c4ccc5nc(-c6ccccn6)c(-c6ccccn6)nc5c4)c3)n2)cc1. The zero-order valence-corrected chi connectivity index (χ0v) is 24.6. The fraction of sp³-hybridized carbons (Fsp3) is 0. The second kappa shape index (κ2) is 11.9. The van der Waals surface area contributed by atoms with Crippen LogP contribution in [0.5, 0.6) is 0 Å². The van der Waals surface area contributed by atoms with Crippen molar-refractivity contribution in [3.8, 4) is 68.1 Å². The molecule has 0 aliphatic heterocycles. The van der Waals surface area contributed by atoms with E-state index in [4.69, 9.17) is 24.9 Å². The topological polar surface area (TPSA) is 90.2 Å². The van der Waals surface area contributed by atoms with Gasteiger partial charge in [-0.25, -0.2) is 24.9 Å². The van der Waals surface area contributed by atoms with Crippen LogP contribution >= 0.6 is 0 Å². The van der Waals surface area contributed by atoms with Crippen LogP contribution in [0.1, 0.15) is 0 Å². The maximum Gasteiger partial charge on any atom is 0.164 e. The fourth-order valence-electron chi connectivity index (χ4n) is 5.37. The molecule has 0 atom stereocenters. The maximum atomic E-state index is 5.08. The van der Waals surface area contributed by atoms with E-state index in [0.29, 0.717) is 28.9 Å². The summed E-state index contributed by atoms with van der Waals surface area (Å²) in [5.74, 6) is 1.86. The Kier molecular flexibility index (Phi) is 7.01. The summed E-state index contributed by atoms with van der Waals surface area (Å²) in [4.78, 5) is 33.9. The van der Waals surface area contributed by atoms with Crippen molar-refractivity contribution >= 4 is 11.0 Å². The molecule has 7 heteroatoms. The smallest absolute Gasteiger partial charge is 0.164 e. The molecule has 0 spiro atoms. The number of hydrogen-bond donors (Lipinski definition) is 0. The Hall–Kier alpha value is -6.47. The summed E-state index contributed by atoms with van der Waals surface area (Å²) in [6.45, 7) is 0. The average molecular weight is 592 g/mol. The number of aromatic nitrogens is 7. The molecule has 7 nitrogen and oxygen atoms in total.